The lowest BCUT2D eigenvalue weighted by molar-refractivity contribution is 0.0940. The maximum absolute atomic E-state index is 13.1. The molecule has 28 heavy (non-hydrogen) atoms. The van der Waals surface area contributed by atoms with Crippen molar-refractivity contribution in [3.8, 4) is 10.6 Å². The van der Waals surface area contributed by atoms with E-state index in [1.165, 1.54) is 0 Å². The number of rotatable bonds is 6. The Balaban J connectivity index is 1.62. The molecule has 0 bridgehead atoms. The van der Waals surface area contributed by atoms with Gasteiger partial charge in [-0.3, -0.25) is 9.48 Å². The molecule has 2 heterocycles. The summed E-state index contributed by atoms with van der Waals surface area (Å²) in [5.41, 5.74) is 3.54. The number of hydrogen-bond acceptors (Lipinski definition) is 3. The van der Waals surface area contributed by atoms with Crippen molar-refractivity contribution >= 4 is 17.2 Å². The first-order chi connectivity index (χ1) is 13.7. The third-order valence-electron chi connectivity index (χ3n) is 4.60. The summed E-state index contributed by atoms with van der Waals surface area (Å²) in [6, 6.07) is 24.0. The summed E-state index contributed by atoms with van der Waals surface area (Å²) in [5, 5.41) is 9.82. The average molecular weight is 388 g/mol. The Morgan fingerprint density at radius 1 is 1.04 bits per heavy atom. The van der Waals surface area contributed by atoms with Crippen molar-refractivity contribution in [2.75, 3.05) is 0 Å². The van der Waals surface area contributed by atoms with Crippen LogP contribution in [-0.2, 0) is 6.54 Å². The second-order valence-electron chi connectivity index (χ2n) is 6.66. The van der Waals surface area contributed by atoms with Crippen molar-refractivity contribution in [2.24, 2.45) is 0 Å². The van der Waals surface area contributed by atoms with Gasteiger partial charge in [0.25, 0.3) is 5.91 Å². The number of hydrogen-bond donors (Lipinski definition) is 1. The smallest absolute Gasteiger partial charge is 0.255 e. The SMILES string of the molecule is C[C@@H](NC(=O)c1cn(Cc2ccccc2)nc1-c1cccs1)c1ccccc1. The van der Waals surface area contributed by atoms with Gasteiger partial charge in [-0.15, -0.1) is 11.3 Å². The third kappa shape index (κ3) is 4.05. The van der Waals surface area contributed by atoms with E-state index in [-0.39, 0.29) is 11.9 Å². The molecule has 2 aromatic heterocycles. The molecule has 1 amide bonds. The van der Waals surface area contributed by atoms with Crippen molar-refractivity contribution < 1.29 is 4.79 Å². The second-order valence-corrected chi connectivity index (χ2v) is 7.61. The fraction of sp³-hybridized carbons (Fsp3) is 0.130. The topological polar surface area (TPSA) is 46.9 Å². The normalized spacial score (nSPS) is 11.9. The molecular formula is C23H21N3OS. The molecule has 4 aromatic rings. The van der Waals surface area contributed by atoms with E-state index in [4.69, 9.17) is 5.10 Å². The number of benzene rings is 2. The van der Waals surface area contributed by atoms with Gasteiger partial charge in [-0.25, -0.2) is 0 Å². The van der Waals surface area contributed by atoms with E-state index < -0.39 is 0 Å². The minimum absolute atomic E-state index is 0.0811. The number of nitrogens with one attached hydrogen (secondary N) is 1. The summed E-state index contributed by atoms with van der Waals surface area (Å²) in [5.74, 6) is -0.112. The summed E-state index contributed by atoms with van der Waals surface area (Å²) in [4.78, 5) is 14.0. The van der Waals surface area contributed by atoms with Crippen LogP contribution >= 0.6 is 11.3 Å². The van der Waals surface area contributed by atoms with Crippen LogP contribution < -0.4 is 5.32 Å². The molecular weight excluding hydrogens is 366 g/mol. The molecule has 2 aromatic carbocycles. The first-order valence-corrected chi connectivity index (χ1v) is 10.1. The van der Waals surface area contributed by atoms with E-state index in [9.17, 15) is 4.79 Å². The van der Waals surface area contributed by atoms with Crippen LogP contribution in [0.3, 0.4) is 0 Å². The third-order valence-corrected chi connectivity index (χ3v) is 5.47. The molecule has 4 nitrogen and oxygen atoms in total. The van der Waals surface area contributed by atoms with E-state index in [0.717, 1.165) is 21.7 Å². The molecule has 0 unspecified atom stereocenters. The Kier molecular flexibility index (Phi) is 5.35. The van der Waals surface area contributed by atoms with Gasteiger partial charge in [0.1, 0.15) is 5.69 Å². The molecule has 1 N–H and O–H groups in total. The molecule has 1 atom stereocenters. The quantitative estimate of drug-likeness (QED) is 0.497. The summed E-state index contributed by atoms with van der Waals surface area (Å²) < 4.78 is 1.84. The van der Waals surface area contributed by atoms with E-state index in [1.54, 1.807) is 11.3 Å². The van der Waals surface area contributed by atoms with Crippen LogP contribution in [0.1, 0.15) is 34.5 Å². The van der Waals surface area contributed by atoms with Gasteiger partial charge in [0, 0.05) is 6.20 Å². The highest BCUT2D eigenvalue weighted by Gasteiger charge is 2.20. The van der Waals surface area contributed by atoms with E-state index in [1.807, 2.05) is 83.8 Å². The number of carbonyl (C=O) groups is 1. The monoisotopic (exact) mass is 387 g/mol. The molecule has 0 saturated heterocycles. The van der Waals surface area contributed by atoms with Crippen molar-refractivity contribution in [3.63, 3.8) is 0 Å². The molecule has 5 heteroatoms. The minimum atomic E-state index is -0.112. The van der Waals surface area contributed by atoms with Crippen LogP contribution in [-0.4, -0.2) is 15.7 Å². The zero-order chi connectivity index (χ0) is 19.3. The number of carbonyl (C=O) groups excluding carboxylic acids is 1. The summed E-state index contributed by atoms with van der Waals surface area (Å²) in [6.07, 6.45) is 1.84. The lowest BCUT2D eigenvalue weighted by atomic mass is 10.1. The lowest BCUT2D eigenvalue weighted by Crippen LogP contribution is -2.26. The largest absolute Gasteiger partial charge is 0.345 e. The van der Waals surface area contributed by atoms with Crippen LogP contribution in [0.25, 0.3) is 10.6 Å². The van der Waals surface area contributed by atoms with Gasteiger partial charge in [-0.05, 0) is 29.5 Å². The Labute approximate surface area is 168 Å². The number of amides is 1. The van der Waals surface area contributed by atoms with Crippen molar-refractivity contribution in [1.82, 2.24) is 15.1 Å². The van der Waals surface area contributed by atoms with E-state index >= 15 is 0 Å². The minimum Gasteiger partial charge on any atom is -0.345 e. The highest BCUT2D eigenvalue weighted by Crippen LogP contribution is 2.27. The zero-order valence-electron chi connectivity index (χ0n) is 15.6. The van der Waals surface area contributed by atoms with Crippen LogP contribution in [0.5, 0.6) is 0 Å². The highest BCUT2D eigenvalue weighted by atomic mass is 32.1. The molecule has 0 aliphatic carbocycles. The van der Waals surface area contributed by atoms with Crippen molar-refractivity contribution in [3.05, 3.63) is 101 Å². The zero-order valence-corrected chi connectivity index (χ0v) is 16.4. The van der Waals surface area contributed by atoms with Crippen molar-refractivity contribution in [1.29, 1.82) is 0 Å². The molecule has 0 saturated carbocycles. The molecule has 0 aliphatic rings. The fourth-order valence-electron chi connectivity index (χ4n) is 3.13. The van der Waals surface area contributed by atoms with Crippen LogP contribution in [0.15, 0.2) is 84.4 Å². The Bertz CT molecular complexity index is 1040. The maximum Gasteiger partial charge on any atom is 0.255 e. The molecule has 0 fully saturated rings. The van der Waals surface area contributed by atoms with Gasteiger partial charge in [-0.1, -0.05) is 66.7 Å². The maximum atomic E-state index is 13.1. The van der Waals surface area contributed by atoms with Gasteiger partial charge in [0.2, 0.25) is 0 Å². The van der Waals surface area contributed by atoms with Crippen LogP contribution in [0.4, 0.5) is 0 Å². The van der Waals surface area contributed by atoms with Crippen molar-refractivity contribution in [2.45, 2.75) is 19.5 Å². The summed E-state index contributed by atoms with van der Waals surface area (Å²) in [6.45, 7) is 2.62. The van der Waals surface area contributed by atoms with Gasteiger partial charge < -0.3 is 5.32 Å². The summed E-state index contributed by atoms with van der Waals surface area (Å²) in [7, 11) is 0. The van der Waals surface area contributed by atoms with Crippen LogP contribution in [0.2, 0.25) is 0 Å². The van der Waals surface area contributed by atoms with Gasteiger partial charge in [0.15, 0.2) is 0 Å². The highest BCUT2D eigenvalue weighted by molar-refractivity contribution is 7.13. The molecule has 140 valence electrons. The van der Waals surface area contributed by atoms with Gasteiger partial charge in [0.05, 0.1) is 23.0 Å². The lowest BCUT2D eigenvalue weighted by Gasteiger charge is -2.14. The van der Waals surface area contributed by atoms with E-state index in [0.29, 0.717) is 12.1 Å². The predicted octanol–water partition coefficient (Wildman–Crippen LogP) is 5.15. The predicted molar refractivity (Wildman–Crippen MR) is 113 cm³/mol. The number of thiophene rings is 1. The van der Waals surface area contributed by atoms with E-state index in [2.05, 4.69) is 17.4 Å². The van der Waals surface area contributed by atoms with Crippen LogP contribution in [0, 0.1) is 0 Å². The summed E-state index contributed by atoms with van der Waals surface area (Å²) >= 11 is 1.59. The number of aromatic nitrogens is 2. The average Bonchev–Trinajstić information content (AvgIpc) is 3.39. The van der Waals surface area contributed by atoms with Gasteiger partial charge >= 0.3 is 0 Å². The Morgan fingerprint density at radius 3 is 2.43 bits per heavy atom. The first-order valence-electron chi connectivity index (χ1n) is 9.22. The Hall–Kier alpha value is -3.18. The second kappa shape index (κ2) is 8.23. The number of nitrogens with zero attached hydrogens (tertiary/aromatic N) is 2. The fourth-order valence-corrected chi connectivity index (χ4v) is 3.86. The van der Waals surface area contributed by atoms with Gasteiger partial charge in [-0.2, -0.15) is 5.10 Å². The molecule has 0 spiro atoms. The Morgan fingerprint density at radius 2 is 1.75 bits per heavy atom. The first kappa shape index (κ1) is 18.2. The standard InChI is InChI=1S/C23H21N3OS/c1-17(19-11-6-3-7-12-19)24-23(27)20-16-26(15-18-9-4-2-5-10-18)25-22(20)21-13-8-14-28-21/h2-14,16-17H,15H2,1H3,(H,24,27)/t17-/m1/s1. The molecule has 0 radical (unpaired) electrons. The molecule has 4 rings (SSSR count). The molecule has 0 aliphatic heterocycles.